The fourth-order valence-electron chi connectivity index (χ4n) is 3.10. The average Bonchev–Trinajstić information content (AvgIpc) is 3.03. The van der Waals surface area contributed by atoms with Crippen LogP contribution in [-0.2, 0) is 21.3 Å². The number of likely N-dealkylation sites (tertiary alicyclic amines) is 1. The summed E-state index contributed by atoms with van der Waals surface area (Å²) in [6.45, 7) is 4.09. The minimum absolute atomic E-state index is 0.265. The Hall–Kier alpha value is -0.470. The first-order valence-corrected chi connectivity index (χ1v) is 9.59. The molecule has 2 aliphatic rings. The number of hydrogen-bond acceptors (Lipinski definition) is 5. The predicted molar refractivity (Wildman–Crippen MR) is 79.2 cm³/mol. The molecule has 0 bridgehead atoms. The van der Waals surface area contributed by atoms with E-state index in [9.17, 15) is 8.42 Å². The fraction of sp³-hybridized carbons (Fsp3) is 0.692. The van der Waals surface area contributed by atoms with Crippen LogP contribution in [0.1, 0.15) is 4.88 Å². The summed E-state index contributed by atoms with van der Waals surface area (Å²) in [6.07, 6.45) is 1.47. The molecule has 2 fully saturated rings. The molecule has 5 nitrogen and oxygen atoms in total. The molecule has 3 rings (SSSR count). The van der Waals surface area contributed by atoms with Gasteiger partial charge >= 0.3 is 0 Å². The van der Waals surface area contributed by atoms with E-state index >= 15 is 0 Å². The van der Waals surface area contributed by atoms with Crippen LogP contribution in [0.15, 0.2) is 17.5 Å². The van der Waals surface area contributed by atoms with Gasteiger partial charge in [0.05, 0.1) is 19.0 Å². The van der Waals surface area contributed by atoms with Crippen LogP contribution in [0.2, 0.25) is 0 Å². The van der Waals surface area contributed by atoms with Gasteiger partial charge in [0.2, 0.25) is 10.0 Å². The number of nitrogens with one attached hydrogen (secondary N) is 1. The topological polar surface area (TPSA) is 58.6 Å². The second-order valence-corrected chi connectivity index (χ2v) is 8.56. The molecule has 0 aliphatic carbocycles. The van der Waals surface area contributed by atoms with Crippen molar-refractivity contribution in [1.29, 1.82) is 0 Å². The summed E-state index contributed by atoms with van der Waals surface area (Å²) in [5, 5.41) is 2.10. The van der Waals surface area contributed by atoms with Crippen LogP contribution >= 0.6 is 11.3 Å². The lowest BCUT2D eigenvalue weighted by Crippen LogP contribution is -2.33. The van der Waals surface area contributed by atoms with Crippen molar-refractivity contribution in [3.63, 3.8) is 0 Å². The maximum Gasteiger partial charge on any atom is 0.208 e. The van der Waals surface area contributed by atoms with Crippen molar-refractivity contribution in [2.24, 2.45) is 11.8 Å². The quantitative estimate of drug-likeness (QED) is 0.871. The Morgan fingerprint density at radius 3 is 3.05 bits per heavy atom. The largest absolute Gasteiger partial charge is 0.376 e. The number of rotatable bonds is 5. The first-order chi connectivity index (χ1) is 9.51. The van der Waals surface area contributed by atoms with E-state index in [0.717, 1.165) is 19.6 Å². The molecule has 2 saturated heterocycles. The predicted octanol–water partition coefficient (Wildman–Crippen LogP) is 0.744. The van der Waals surface area contributed by atoms with Gasteiger partial charge in [-0.3, -0.25) is 4.90 Å². The van der Waals surface area contributed by atoms with Crippen molar-refractivity contribution in [1.82, 2.24) is 9.62 Å². The number of ether oxygens (including phenoxy) is 1. The van der Waals surface area contributed by atoms with Gasteiger partial charge in [-0.25, -0.2) is 13.1 Å². The molecule has 1 aromatic rings. The zero-order chi connectivity index (χ0) is 14.2. The Kier molecular flexibility index (Phi) is 4.14. The summed E-state index contributed by atoms with van der Waals surface area (Å²) in [6, 6.07) is 4.23. The maximum atomic E-state index is 11.2. The summed E-state index contributed by atoms with van der Waals surface area (Å²) in [7, 11) is -3.11. The van der Waals surface area contributed by atoms with E-state index in [-0.39, 0.29) is 6.10 Å². The van der Waals surface area contributed by atoms with Crippen molar-refractivity contribution in [2.75, 3.05) is 32.5 Å². The highest BCUT2D eigenvalue weighted by Crippen LogP contribution is 2.34. The second kappa shape index (κ2) is 5.73. The van der Waals surface area contributed by atoms with Crippen molar-refractivity contribution in [3.05, 3.63) is 22.4 Å². The Morgan fingerprint density at radius 2 is 2.35 bits per heavy atom. The van der Waals surface area contributed by atoms with Gasteiger partial charge in [-0.15, -0.1) is 11.3 Å². The summed E-state index contributed by atoms with van der Waals surface area (Å²) in [4.78, 5) is 3.78. The van der Waals surface area contributed by atoms with Gasteiger partial charge in [0, 0.05) is 42.9 Å². The molecule has 3 heterocycles. The molecule has 20 heavy (non-hydrogen) atoms. The second-order valence-electron chi connectivity index (χ2n) is 5.69. The van der Waals surface area contributed by atoms with Crippen LogP contribution < -0.4 is 4.72 Å². The summed E-state index contributed by atoms with van der Waals surface area (Å²) >= 11 is 1.78. The number of sulfonamides is 1. The summed E-state index contributed by atoms with van der Waals surface area (Å²) < 4.78 is 30.8. The molecule has 7 heteroatoms. The van der Waals surface area contributed by atoms with Crippen LogP contribution in [0, 0.1) is 11.8 Å². The highest BCUT2D eigenvalue weighted by molar-refractivity contribution is 7.88. The zero-order valence-corrected chi connectivity index (χ0v) is 13.1. The van der Waals surface area contributed by atoms with Crippen molar-refractivity contribution in [2.45, 2.75) is 12.6 Å². The molecule has 0 aromatic carbocycles. The first kappa shape index (κ1) is 14.5. The van der Waals surface area contributed by atoms with E-state index in [4.69, 9.17) is 4.74 Å². The summed E-state index contributed by atoms with van der Waals surface area (Å²) in [5.41, 5.74) is 0. The third-order valence-corrected chi connectivity index (χ3v) is 5.63. The number of thiophene rings is 1. The van der Waals surface area contributed by atoms with E-state index in [1.165, 1.54) is 11.1 Å². The van der Waals surface area contributed by atoms with Gasteiger partial charge in [-0.1, -0.05) is 6.07 Å². The molecule has 112 valence electrons. The zero-order valence-electron chi connectivity index (χ0n) is 11.5. The van der Waals surface area contributed by atoms with Crippen molar-refractivity contribution >= 4 is 21.4 Å². The van der Waals surface area contributed by atoms with E-state index in [2.05, 4.69) is 27.1 Å². The van der Waals surface area contributed by atoms with Crippen LogP contribution in [-0.4, -0.2) is 51.9 Å². The van der Waals surface area contributed by atoms with Crippen molar-refractivity contribution in [3.8, 4) is 0 Å². The standard InChI is InChI=1S/C13H20N2O3S2/c1-20(16,17)14-5-10-9-18-13-8-15(7-12(10)13)6-11-3-2-4-19-11/h2-4,10,12-14H,5-9H2,1H3/t10-,12+,13+/m0/s1. The third kappa shape index (κ3) is 3.40. The molecule has 0 unspecified atom stereocenters. The van der Waals surface area contributed by atoms with Gasteiger partial charge in [0.1, 0.15) is 0 Å². The van der Waals surface area contributed by atoms with Gasteiger partial charge in [-0.05, 0) is 11.4 Å². The maximum absolute atomic E-state index is 11.2. The number of nitrogens with zero attached hydrogens (tertiary/aromatic N) is 1. The number of fused-ring (bicyclic) bond motifs is 1. The van der Waals surface area contributed by atoms with Gasteiger partial charge < -0.3 is 4.74 Å². The highest BCUT2D eigenvalue weighted by atomic mass is 32.2. The summed E-state index contributed by atoms with van der Waals surface area (Å²) in [5.74, 6) is 0.743. The Labute approximate surface area is 124 Å². The van der Waals surface area contributed by atoms with Crippen LogP contribution in [0.4, 0.5) is 0 Å². The minimum Gasteiger partial charge on any atom is -0.376 e. The van der Waals surface area contributed by atoms with E-state index < -0.39 is 10.0 Å². The molecular formula is C13H20N2O3S2. The molecule has 0 radical (unpaired) electrons. The van der Waals surface area contributed by atoms with Gasteiger partial charge in [-0.2, -0.15) is 0 Å². The van der Waals surface area contributed by atoms with E-state index in [1.807, 2.05) is 0 Å². The lowest BCUT2D eigenvalue weighted by molar-refractivity contribution is 0.0944. The van der Waals surface area contributed by atoms with Crippen LogP contribution in [0.5, 0.6) is 0 Å². The Morgan fingerprint density at radius 1 is 1.50 bits per heavy atom. The van der Waals surface area contributed by atoms with Crippen molar-refractivity contribution < 1.29 is 13.2 Å². The van der Waals surface area contributed by atoms with E-state index in [0.29, 0.717) is 25.0 Å². The lowest BCUT2D eigenvalue weighted by atomic mass is 9.93. The Bertz CT molecular complexity index is 544. The Balaban J connectivity index is 1.55. The van der Waals surface area contributed by atoms with E-state index in [1.54, 1.807) is 11.3 Å². The molecule has 3 atom stereocenters. The molecule has 2 aliphatic heterocycles. The monoisotopic (exact) mass is 316 g/mol. The SMILES string of the molecule is CS(=O)(=O)NC[C@H]1CO[C@@H]2CN(Cc3cccs3)C[C@H]12. The molecule has 1 aromatic heterocycles. The molecule has 1 N–H and O–H groups in total. The average molecular weight is 316 g/mol. The van der Waals surface area contributed by atoms with Crippen LogP contribution in [0.25, 0.3) is 0 Å². The fourth-order valence-corrected chi connectivity index (χ4v) is 4.36. The lowest BCUT2D eigenvalue weighted by Gasteiger charge is -2.19. The minimum atomic E-state index is -3.11. The molecule has 0 amide bonds. The highest BCUT2D eigenvalue weighted by Gasteiger charge is 2.43. The number of hydrogen-bond donors (Lipinski definition) is 1. The van der Waals surface area contributed by atoms with Gasteiger partial charge in [0.15, 0.2) is 0 Å². The van der Waals surface area contributed by atoms with Crippen LogP contribution in [0.3, 0.4) is 0 Å². The normalized spacial score (nSPS) is 30.8. The first-order valence-electron chi connectivity index (χ1n) is 6.82. The smallest absolute Gasteiger partial charge is 0.208 e. The molecule has 0 spiro atoms. The molecule has 0 saturated carbocycles. The van der Waals surface area contributed by atoms with Gasteiger partial charge in [0.25, 0.3) is 0 Å². The molecular weight excluding hydrogens is 296 g/mol. The third-order valence-electron chi connectivity index (χ3n) is 4.08.